The minimum Gasteiger partial charge on any atom is -0.466 e. The monoisotopic (exact) mass is 407 g/mol. The van der Waals surface area contributed by atoms with E-state index in [1.807, 2.05) is 0 Å². The molecule has 1 amide bonds. The van der Waals surface area contributed by atoms with Crippen molar-refractivity contribution >= 4 is 11.9 Å². The SMILES string of the molecule is CCOC(=O)C1(Cc2ccc(F)cc2F)CCCN(C(=O)Cc2nonc2C)C1. The molecule has 29 heavy (non-hydrogen) atoms. The van der Waals surface area contributed by atoms with Crippen LogP contribution in [0.25, 0.3) is 0 Å². The lowest BCUT2D eigenvalue weighted by atomic mass is 9.74. The van der Waals surface area contributed by atoms with Gasteiger partial charge in [-0.15, -0.1) is 0 Å². The molecule has 0 bridgehead atoms. The second-order valence-corrected chi connectivity index (χ2v) is 7.31. The predicted molar refractivity (Wildman–Crippen MR) is 97.7 cm³/mol. The third kappa shape index (κ3) is 4.60. The Morgan fingerprint density at radius 2 is 2.10 bits per heavy atom. The van der Waals surface area contributed by atoms with Crippen LogP contribution in [0.15, 0.2) is 22.8 Å². The lowest BCUT2D eigenvalue weighted by Gasteiger charge is -2.41. The van der Waals surface area contributed by atoms with Gasteiger partial charge >= 0.3 is 5.97 Å². The van der Waals surface area contributed by atoms with E-state index in [2.05, 4.69) is 14.9 Å². The summed E-state index contributed by atoms with van der Waals surface area (Å²) in [5.74, 6) is -2.12. The fourth-order valence-corrected chi connectivity index (χ4v) is 3.71. The number of rotatable bonds is 6. The van der Waals surface area contributed by atoms with Crippen molar-refractivity contribution in [1.82, 2.24) is 15.2 Å². The third-order valence-electron chi connectivity index (χ3n) is 5.25. The number of aryl methyl sites for hydroxylation is 1. The van der Waals surface area contributed by atoms with Gasteiger partial charge in [0.1, 0.15) is 23.0 Å². The van der Waals surface area contributed by atoms with E-state index in [0.29, 0.717) is 30.8 Å². The molecule has 1 aromatic heterocycles. The molecule has 2 heterocycles. The average molecular weight is 407 g/mol. The number of nitrogens with zero attached hydrogens (tertiary/aromatic N) is 3. The molecular formula is C20H23F2N3O4. The fourth-order valence-electron chi connectivity index (χ4n) is 3.71. The number of likely N-dealkylation sites (tertiary alicyclic amines) is 1. The van der Waals surface area contributed by atoms with Gasteiger partial charge in [0, 0.05) is 19.2 Å². The number of aromatic nitrogens is 2. The molecule has 0 radical (unpaired) electrons. The van der Waals surface area contributed by atoms with E-state index >= 15 is 0 Å². The summed E-state index contributed by atoms with van der Waals surface area (Å²) in [5.41, 5.74) is 0.0808. The molecule has 1 aliphatic rings. The van der Waals surface area contributed by atoms with Crippen LogP contribution in [0.4, 0.5) is 8.78 Å². The quantitative estimate of drug-likeness (QED) is 0.685. The lowest BCUT2D eigenvalue weighted by molar-refractivity contribution is -0.160. The van der Waals surface area contributed by atoms with E-state index in [-0.39, 0.29) is 37.5 Å². The lowest BCUT2D eigenvalue weighted by Crippen LogP contribution is -2.52. The molecule has 3 rings (SSSR count). The van der Waals surface area contributed by atoms with Crippen LogP contribution in [0.3, 0.4) is 0 Å². The average Bonchev–Trinajstić information content (AvgIpc) is 3.09. The first-order chi connectivity index (χ1) is 13.8. The molecule has 0 spiro atoms. The smallest absolute Gasteiger partial charge is 0.314 e. The van der Waals surface area contributed by atoms with Gasteiger partial charge in [-0.1, -0.05) is 16.4 Å². The maximum Gasteiger partial charge on any atom is 0.314 e. The minimum atomic E-state index is -1.10. The highest BCUT2D eigenvalue weighted by Gasteiger charge is 2.45. The first-order valence-electron chi connectivity index (χ1n) is 9.51. The second-order valence-electron chi connectivity index (χ2n) is 7.31. The van der Waals surface area contributed by atoms with E-state index in [1.54, 1.807) is 18.7 Å². The van der Waals surface area contributed by atoms with Gasteiger partial charge < -0.3 is 9.64 Å². The largest absolute Gasteiger partial charge is 0.466 e. The number of hydrogen-bond acceptors (Lipinski definition) is 6. The number of piperidine rings is 1. The zero-order valence-corrected chi connectivity index (χ0v) is 16.4. The van der Waals surface area contributed by atoms with E-state index in [1.165, 1.54) is 6.07 Å². The van der Waals surface area contributed by atoms with Crippen LogP contribution in [-0.4, -0.2) is 46.8 Å². The normalized spacial score (nSPS) is 19.2. The van der Waals surface area contributed by atoms with Crippen LogP contribution >= 0.6 is 0 Å². The summed E-state index contributed by atoms with van der Waals surface area (Å²) >= 11 is 0. The van der Waals surface area contributed by atoms with E-state index < -0.39 is 23.0 Å². The first kappa shape index (κ1) is 20.9. The maximum atomic E-state index is 14.3. The molecule has 156 valence electrons. The molecule has 1 fully saturated rings. The fraction of sp³-hybridized carbons (Fsp3) is 0.500. The van der Waals surface area contributed by atoms with Crippen LogP contribution < -0.4 is 0 Å². The summed E-state index contributed by atoms with van der Waals surface area (Å²) in [5, 5.41) is 7.39. The van der Waals surface area contributed by atoms with Gasteiger partial charge in [-0.25, -0.2) is 13.4 Å². The standard InChI is InChI=1S/C20H23F2N3O4/c1-3-28-19(27)20(11-14-5-6-15(21)9-16(14)22)7-4-8-25(12-20)18(26)10-17-13(2)23-29-24-17/h5-6,9H,3-4,7-8,10-12H2,1-2H3. The number of hydrogen-bond donors (Lipinski definition) is 0. The van der Waals surface area contributed by atoms with Gasteiger partial charge in [0.25, 0.3) is 0 Å². The van der Waals surface area contributed by atoms with Crippen LogP contribution in [-0.2, 0) is 27.2 Å². The first-order valence-corrected chi connectivity index (χ1v) is 9.51. The van der Waals surface area contributed by atoms with E-state index in [4.69, 9.17) is 4.74 Å². The van der Waals surface area contributed by atoms with Crippen LogP contribution in [0.5, 0.6) is 0 Å². The Kier molecular flexibility index (Phi) is 6.24. The predicted octanol–water partition coefficient (Wildman–Crippen LogP) is 2.61. The van der Waals surface area contributed by atoms with Gasteiger partial charge in [-0.2, -0.15) is 0 Å². The molecule has 1 aliphatic heterocycles. The van der Waals surface area contributed by atoms with Gasteiger partial charge in [0.15, 0.2) is 0 Å². The summed E-state index contributed by atoms with van der Waals surface area (Å²) in [6, 6.07) is 3.28. The van der Waals surface area contributed by atoms with Crippen molar-refractivity contribution in [3.63, 3.8) is 0 Å². The maximum absolute atomic E-state index is 14.3. The van der Waals surface area contributed by atoms with E-state index in [9.17, 15) is 18.4 Å². The zero-order valence-electron chi connectivity index (χ0n) is 16.4. The topological polar surface area (TPSA) is 85.5 Å². The second kappa shape index (κ2) is 8.67. The molecule has 1 saturated heterocycles. The van der Waals surface area contributed by atoms with Gasteiger partial charge in [-0.3, -0.25) is 9.59 Å². The molecule has 7 nitrogen and oxygen atoms in total. The van der Waals surface area contributed by atoms with Gasteiger partial charge in [-0.05, 0) is 44.7 Å². The Labute approximate surface area is 167 Å². The molecule has 2 aromatic rings. The number of amides is 1. The highest BCUT2D eigenvalue weighted by atomic mass is 19.1. The number of carbonyl (C=O) groups excluding carboxylic acids is 2. The van der Waals surface area contributed by atoms with Gasteiger partial charge in [0.05, 0.1) is 18.4 Å². The van der Waals surface area contributed by atoms with E-state index in [0.717, 1.165) is 12.1 Å². The minimum absolute atomic E-state index is 0.000845. The summed E-state index contributed by atoms with van der Waals surface area (Å²) in [7, 11) is 0. The molecule has 1 atom stereocenters. The molecule has 0 saturated carbocycles. The Hall–Kier alpha value is -2.84. The molecule has 1 unspecified atom stereocenters. The third-order valence-corrected chi connectivity index (χ3v) is 5.25. The van der Waals surface area contributed by atoms with Crippen molar-refractivity contribution in [3.8, 4) is 0 Å². The molecule has 9 heteroatoms. The Balaban J connectivity index is 1.84. The summed E-state index contributed by atoms with van der Waals surface area (Å²) in [4.78, 5) is 27.2. The van der Waals surface area contributed by atoms with Crippen molar-refractivity contribution in [3.05, 3.63) is 46.8 Å². The highest BCUT2D eigenvalue weighted by molar-refractivity contribution is 5.82. The number of halogens is 2. The molecule has 0 N–H and O–H groups in total. The Morgan fingerprint density at radius 3 is 2.76 bits per heavy atom. The number of ether oxygens (including phenoxy) is 1. The molecule has 0 aliphatic carbocycles. The van der Waals surface area contributed by atoms with Crippen molar-refractivity contribution < 1.29 is 27.7 Å². The van der Waals surface area contributed by atoms with Crippen LogP contribution in [0, 0.1) is 24.0 Å². The van der Waals surface area contributed by atoms with Crippen molar-refractivity contribution in [2.24, 2.45) is 5.41 Å². The summed E-state index contributed by atoms with van der Waals surface area (Å²) in [6.07, 6.45) is 1.02. The van der Waals surface area contributed by atoms with Crippen molar-refractivity contribution in [2.45, 2.75) is 39.5 Å². The Bertz CT molecular complexity index is 902. The zero-order chi connectivity index (χ0) is 21.0. The highest BCUT2D eigenvalue weighted by Crippen LogP contribution is 2.36. The van der Waals surface area contributed by atoms with Crippen LogP contribution in [0.2, 0.25) is 0 Å². The summed E-state index contributed by atoms with van der Waals surface area (Å²) in [6.45, 7) is 4.11. The molecule has 1 aromatic carbocycles. The van der Waals surface area contributed by atoms with Gasteiger partial charge in [0.2, 0.25) is 5.91 Å². The Morgan fingerprint density at radius 1 is 1.31 bits per heavy atom. The van der Waals surface area contributed by atoms with Crippen molar-refractivity contribution in [2.75, 3.05) is 19.7 Å². The summed E-state index contributed by atoms with van der Waals surface area (Å²) < 4.78 is 37.4. The number of carbonyl (C=O) groups is 2. The molecular weight excluding hydrogens is 384 g/mol. The number of benzene rings is 1. The number of esters is 1. The van der Waals surface area contributed by atoms with Crippen LogP contribution in [0.1, 0.15) is 36.7 Å². The van der Waals surface area contributed by atoms with Crippen molar-refractivity contribution in [1.29, 1.82) is 0 Å².